The average molecular weight is 340 g/mol. The third kappa shape index (κ3) is 5.59. The molecule has 4 nitrogen and oxygen atoms in total. The zero-order valence-electron chi connectivity index (χ0n) is 13.3. The molecule has 1 amide bonds. The van der Waals surface area contributed by atoms with Gasteiger partial charge >= 0.3 is 0 Å². The van der Waals surface area contributed by atoms with Gasteiger partial charge in [0.05, 0.1) is 5.92 Å². The summed E-state index contributed by atoms with van der Waals surface area (Å²) in [4.78, 5) is 17.1. The maximum atomic E-state index is 12.5. The summed E-state index contributed by atoms with van der Waals surface area (Å²) in [6.45, 7) is 10.3. The highest BCUT2D eigenvalue weighted by atomic mass is 35.5. The molecule has 0 aromatic carbocycles. The second-order valence-electron chi connectivity index (χ2n) is 5.83. The maximum absolute atomic E-state index is 12.5. The van der Waals surface area contributed by atoms with Crippen molar-refractivity contribution in [3.63, 3.8) is 0 Å². The molecule has 0 aromatic heterocycles. The maximum Gasteiger partial charge on any atom is 0.226 e. The zero-order chi connectivity index (χ0) is 13.7. The number of likely N-dealkylation sites (tertiary alicyclic amines) is 1. The van der Waals surface area contributed by atoms with Crippen LogP contribution in [0.5, 0.6) is 0 Å². The van der Waals surface area contributed by atoms with Gasteiger partial charge in [0.25, 0.3) is 0 Å². The average Bonchev–Trinajstić information content (AvgIpc) is 2.49. The Kier molecular flexibility index (Phi) is 10.6. The Labute approximate surface area is 141 Å². The van der Waals surface area contributed by atoms with Gasteiger partial charge in [0.1, 0.15) is 0 Å². The minimum Gasteiger partial charge on any atom is -0.343 e. The molecule has 0 radical (unpaired) electrons. The van der Waals surface area contributed by atoms with Gasteiger partial charge in [-0.1, -0.05) is 0 Å². The molecular weight excluding hydrogens is 309 g/mol. The molecule has 1 atom stereocenters. The lowest BCUT2D eigenvalue weighted by Crippen LogP contribution is -2.50. The van der Waals surface area contributed by atoms with Crippen molar-refractivity contribution in [2.45, 2.75) is 45.6 Å². The summed E-state index contributed by atoms with van der Waals surface area (Å²) in [5.41, 5.74) is 0. The fourth-order valence-corrected chi connectivity index (χ4v) is 3.50. The molecule has 0 saturated carbocycles. The number of amides is 1. The second-order valence-corrected chi connectivity index (χ2v) is 5.83. The molecule has 0 aliphatic carbocycles. The van der Waals surface area contributed by atoms with Gasteiger partial charge in [0.2, 0.25) is 5.91 Å². The van der Waals surface area contributed by atoms with Crippen LogP contribution in [0, 0.1) is 5.92 Å². The molecule has 21 heavy (non-hydrogen) atoms. The van der Waals surface area contributed by atoms with Crippen LogP contribution < -0.4 is 5.32 Å². The van der Waals surface area contributed by atoms with E-state index < -0.39 is 0 Å². The monoisotopic (exact) mass is 339 g/mol. The smallest absolute Gasteiger partial charge is 0.226 e. The van der Waals surface area contributed by atoms with Gasteiger partial charge in [0, 0.05) is 25.7 Å². The molecule has 2 saturated heterocycles. The number of carbonyl (C=O) groups is 1. The van der Waals surface area contributed by atoms with E-state index in [0.717, 1.165) is 39.1 Å². The topological polar surface area (TPSA) is 35.6 Å². The summed E-state index contributed by atoms with van der Waals surface area (Å²) < 4.78 is 0. The molecule has 6 heteroatoms. The van der Waals surface area contributed by atoms with Crippen LogP contribution in [0.15, 0.2) is 0 Å². The number of halogens is 2. The predicted molar refractivity (Wildman–Crippen MR) is 92.6 cm³/mol. The van der Waals surface area contributed by atoms with Crippen molar-refractivity contribution in [2.75, 3.05) is 39.3 Å². The van der Waals surface area contributed by atoms with E-state index in [4.69, 9.17) is 0 Å². The van der Waals surface area contributed by atoms with Crippen molar-refractivity contribution in [1.29, 1.82) is 0 Å². The van der Waals surface area contributed by atoms with Crippen molar-refractivity contribution in [3.05, 3.63) is 0 Å². The van der Waals surface area contributed by atoms with Crippen LogP contribution >= 0.6 is 24.8 Å². The first-order chi connectivity index (χ1) is 9.26. The van der Waals surface area contributed by atoms with Crippen molar-refractivity contribution in [2.24, 2.45) is 5.92 Å². The summed E-state index contributed by atoms with van der Waals surface area (Å²) in [6.07, 6.45) is 4.75. The molecular formula is C15H31Cl2N3O. The van der Waals surface area contributed by atoms with E-state index in [2.05, 4.69) is 24.1 Å². The van der Waals surface area contributed by atoms with Crippen molar-refractivity contribution < 1.29 is 4.79 Å². The van der Waals surface area contributed by atoms with Gasteiger partial charge in [0.15, 0.2) is 0 Å². The lowest BCUT2D eigenvalue weighted by atomic mass is 9.93. The Morgan fingerprint density at radius 3 is 2.33 bits per heavy atom. The van der Waals surface area contributed by atoms with Crippen molar-refractivity contribution in [1.82, 2.24) is 15.1 Å². The van der Waals surface area contributed by atoms with Gasteiger partial charge in [-0.3, -0.25) is 9.69 Å². The molecule has 0 aromatic rings. The largest absolute Gasteiger partial charge is 0.343 e. The van der Waals surface area contributed by atoms with Crippen LogP contribution in [0.25, 0.3) is 0 Å². The molecule has 126 valence electrons. The zero-order valence-corrected chi connectivity index (χ0v) is 15.0. The van der Waals surface area contributed by atoms with Crippen LogP contribution in [0.4, 0.5) is 0 Å². The van der Waals surface area contributed by atoms with E-state index in [1.54, 1.807) is 0 Å². The predicted octanol–water partition coefficient (Wildman–Crippen LogP) is 2.16. The second kappa shape index (κ2) is 10.7. The number of rotatable bonds is 4. The molecule has 2 aliphatic heterocycles. The number of hydrogen-bond donors (Lipinski definition) is 1. The number of nitrogens with zero attached hydrogens (tertiary/aromatic N) is 2. The number of carbonyl (C=O) groups excluding carboxylic acids is 1. The SMILES string of the molecule is CCN(CC)C(=O)C1CCCN(C2CCNCC2)C1.Cl.Cl. The molecule has 0 spiro atoms. The van der Waals surface area contributed by atoms with E-state index in [1.807, 2.05) is 4.90 Å². The van der Waals surface area contributed by atoms with E-state index in [9.17, 15) is 4.79 Å². The molecule has 2 fully saturated rings. The van der Waals surface area contributed by atoms with Gasteiger partial charge in [-0.2, -0.15) is 0 Å². The van der Waals surface area contributed by atoms with Crippen molar-refractivity contribution in [3.8, 4) is 0 Å². The first kappa shape index (κ1) is 21.0. The Hall–Kier alpha value is -0.0300. The summed E-state index contributed by atoms with van der Waals surface area (Å²) in [5, 5.41) is 3.42. The fourth-order valence-electron chi connectivity index (χ4n) is 3.50. The molecule has 0 bridgehead atoms. The summed E-state index contributed by atoms with van der Waals surface area (Å²) in [5.74, 6) is 0.618. The first-order valence-electron chi connectivity index (χ1n) is 7.99. The summed E-state index contributed by atoms with van der Waals surface area (Å²) >= 11 is 0. The van der Waals surface area contributed by atoms with E-state index >= 15 is 0 Å². The number of nitrogens with one attached hydrogen (secondary N) is 1. The quantitative estimate of drug-likeness (QED) is 0.852. The minimum atomic E-state index is 0. The minimum absolute atomic E-state index is 0. The third-order valence-electron chi connectivity index (χ3n) is 4.70. The molecule has 2 heterocycles. The standard InChI is InChI=1S/C15H29N3O.2ClH/c1-3-17(4-2)15(19)13-6-5-11-18(12-13)14-7-9-16-10-8-14;;/h13-14,16H,3-12H2,1-2H3;2*1H. The van der Waals surface area contributed by atoms with E-state index in [-0.39, 0.29) is 30.7 Å². The molecule has 1 N–H and O–H groups in total. The van der Waals surface area contributed by atoms with Crippen LogP contribution in [0.1, 0.15) is 39.5 Å². The highest BCUT2D eigenvalue weighted by Crippen LogP contribution is 2.23. The van der Waals surface area contributed by atoms with E-state index in [1.165, 1.54) is 25.8 Å². The molecule has 2 rings (SSSR count). The lowest BCUT2D eigenvalue weighted by Gasteiger charge is -2.40. The van der Waals surface area contributed by atoms with Crippen molar-refractivity contribution >= 4 is 30.7 Å². The summed E-state index contributed by atoms with van der Waals surface area (Å²) in [7, 11) is 0. The summed E-state index contributed by atoms with van der Waals surface area (Å²) in [6, 6.07) is 0.702. The Bertz CT molecular complexity index is 295. The van der Waals surface area contributed by atoms with Gasteiger partial charge < -0.3 is 10.2 Å². The van der Waals surface area contributed by atoms with Crippen LogP contribution in [0.3, 0.4) is 0 Å². The fraction of sp³-hybridized carbons (Fsp3) is 0.933. The normalized spacial score (nSPS) is 23.8. The Morgan fingerprint density at radius 2 is 1.76 bits per heavy atom. The van der Waals surface area contributed by atoms with Gasteiger partial charge in [-0.05, 0) is 59.2 Å². The lowest BCUT2D eigenvalue weighted by molar-refractivity contribution is -0.137. The Morgan fingerprint density at radius 1 is 1.14 bits per heavy atom. The van der Waals surface area contributed by atoms with Gasteiger partial charge in [-0.25, -0.2) is 0 Å². The number of hydrogen-bond acceptors (Lipinski definition) is 3. The van der Waals surface area contributed by atoms with Gasteiger partial charge in [-0.15, -0.1) is 24.8 Å². The highest BCUT2D eigenvalue weighted by molar-refractivity contribution is 5.85. The molecule has 2 aliphatic rings. The van der Waals surface area contributed by atoms with Crippen LogP contribution in [-0.2, 0) is 4.79 Å². The van der Waals surface area contributed by atoms with Crippen LogP contribution in [0.2, 0.25) is 0 Å². The first-order valence-corrected chi connectivity index (χ1v) is 7.99. The van der Waals surface area contributed by atoms with E-state index in [0.29, 0.717) is 11.9 Å². The third-order valence-corrected chi connectivity index (χ3v) is 4.70. The molecule has 1 unspecified atom stereocenters. The highest BCUT2D eigenvalue weighted by Gasteiger charge is 2.31. The van der Waals surface area contributed by atoms with Crippen LogP contribution in [-0.4, -0.2) is 61.0 Å². The number of piperidine rings is 2. The Balaban J connectivity index is 0.00000200.